The lowest BCUT2D eigenvalue weighted by atomic mass is 10.1. The van der Waals surface area contributed by atoms with E-state index in [1.807, 2.05) is 42.0 Å². The molecule has 136 valence electrons. The first-order chi connectivity index (χ1) is 11.8. The molecule has 1 heterocycles. The highest BCUT2D eigenvalue weighted by Crippen LogP contribution is 2.09. The summed E-state index contributed by atoms with van der Waals surface area (Å²) in [5.74, 6) is -0.303. The Kier molecular flexibility index (Phi) is 6.72. The number of hydrogen-bond donors (Lipinski definition) is 1. The molecule has 0 unspecified atom stereocenters. The van der Waals surface area contributed by atoms with E-state index < -0.39 is 10.0 Å². The van der Waals surface area contributed by atoms with Crippen molar-refractivity contribution in [2.75, 3.05) is 19.3 Å². The zero-order valence-electron chi connectivity index (χ0n) is 14.6. The van der Waals surface area contributed by atoms with Crippen LogP contribution in [-0.2, 0) is 27.9 Å². The second-order valence-electron chi connectivity index (χ2n) is 6.02. The van der Waals surface area contributed by atoms with Gasteiger partial charge in [0.05, 0.1) is 19.1 Å². The number of aromatic nitrogens is 2. The maximum absolute atomic E-state index is 12.1. The maximum atomic E-state index is 12.1. The standard InChI is InChI=1S/C17H24N4O3S/c1-15-4-6-16(7-5-15)12-21(25(2,23)24)13-17(22)19-8-3-10-20-11-9-18-14-20/h4-7,9,11,14H,3,8,10,12-13H2,1-2H3,(H,19,22). The van der Waals surface area contributed by atoms with Crippen molar-refractivity contribution in [2.45, 2.75) is 26.4 Å². The molecule has 0 bridgehead atoms. The first-order valence-corrected chi connectivity index (χ1v) is 9.92. The molecule has 2 rings (SSSR count). The number of sulfonamides is 1. The highest BCUT2D eigenvalue weighted by molar-refractivity contribution is 7.88. The predicted molar refractivity (Wildman–Crippen MR) is 96.3 cm³/mol. The molecule has 1 amide bonds. The van der Waals surface area contributed by atoms with Gasteiger partial charge in [-0.05, 0) is 18.9 Å². The number of rotatable bonds is 9. The molecule has 0 aliphatic rings. The van der Waals surface area contributed by atoms with Crippen LogP contribution in [0.15, 0.2) is 43.0 Å². The van der Waals surface area contributed by atoms with Crippen molar-refractivity contribution < 1.29 is 13.2 Å². The molecule has 1 aromatic heterocycles. The SMILES string of the molecule is Cc1ccc(CN(CC(=O)NCCCn2ccnc2)S(C)(=O)=O)cc1. The first-order valence-electron chi connectivity index (χ1n) is 8.08. The summed E-state index contributed by atoms with van der Waals surface area (Å²) in [6, 6.07) is 7.59. The molecular formula is C17H24N4O3S. The number of imidazole rings is 1. The van der Waals surface area contributed by atoms with Gasteiger partial charge in [-0.1, -0.05) is 29.8 Å². The van der Waals surface area contributed by atoms with E-state index in [1.165, 1.54) is 4.31 Å². The van der Waals surface area contributed by atoms with E-state index in [-0.39, 0.29) is 19.0 Å². The van der Waals surface area contributed by atoms with Crippen LogP contribution in [0.3, 0.4) is 0 Å². The highest BCUT2D eigenvalue weighted by atomic mass is 32.2. The minimum Gasteiger partial charge on any atom is -0.355 e. The molecule has 0 saturated carbocycles. The Morgan fingerprint density at radius 3 is 2.60 bits per heavy atom. The van der Waals surface area contributed by atoms with Crippen LogP contribution in [0.2, 0.25) is 0 Å². The van der Waals surface area contributed by atoms with Crippen molar-refractivity contribution in [3.8, 4) is 0 Å². The van der Waals surface area contributed by atoms with Crippen LogP contribution in [0.4, 0.5) is 0 Å². The fourth-order valence-corrected chi connectivity index (χ4v) is 3.05. The quantitative estimate of drug-likeness (QED) is 0.677. The minimum atomic E-state index is -3.47. The fourth-order valence-electron chi connectivity index (χ4n) is 2.31. The molecular weight excluding hydrogens is 340 g/mol. The van der Waals surface area contributed by atoms with Crippen molar-refractivity contribution in [3.05, 3.63) is 54.1 Å². The summed E-state index contributed by atoms with van der Waals surface area (Å²) in [6.07, 6.45) is 7.14. The number of hydrogen-bond acceptors (Lipinski definition) is 4. The van der Waals surface area contributed by atoms with Crippen molar-refractivity contribution >= 4 is 15.9 Å². The van der Waals surface area contributed by atoms with Crippen molar-refractivity contribution in [2.24, 2.45) is 0 Å². The number of nitrogens with one attached hydrogen (secondary N) is 1. The normalized spacial score (nSPS) is 11.6. The topological polar surface area (TPSA) is 84.3 Å². The van der Waals surface area contributed by atoms with Crippen molar-refractivity contribution in [1.29, 1.82) is 0 Å². The van der Waals surface area contributed by atoms with Gasteiger partial charge in [-0.2, -0.15) is 4.31 Å². The molecule has 0 radical (unpaired) electrons. The third kappa shape index (κ3) is 6.67. The van der Waals surface area contributed by atoms with Gasteiger partial charge in [-0.15, -0.1) is 0 Å². The maximum Gasteiger partial charge on any atom is 0.235 e. The van der Waals surface area contributed by atoms with E-state index in [9.17, 15) is 13.2 Å². The van der Waals surface area contributed by atoms with Crippen LogP contribution in [0, 0.1) is 6.92 Å². The highest BCUT2D eigenvalue weighted by Gasteiger charge is 2.20. The summed E-state index contributed by atoms with van der Waals surface area (Å²) in [5.41, 5.74) is 1.95. The molecule has 0 fully saturated rings. The molecule has 0 spiro atoms. The van der Waals surface area contributed by atoms with Crippen molar-refractivity contribution in [3.63, 3.8) is 0 Å². The summed E-state index contributed by atoms with van der Waals surface area (Å²) in [5, 5.41) is 2.76. The van der Waals surface area contributed by atoms with Gasteiger partial charge in [0.2, 0.25) is 15.9 Å². The van der Waals surface area contributed by atoms with Gasteiger partial charge >= 0.3 is 0 Å². The number of benzene rings is 1. The molecule has 0 aliphatic carbocycles. The Labute approximate surface area is 148 Å². The number of carbonyl (C=O) groups is 1. The van der Waals surface area contributed by atoms with Gasteiger partial charge in [0.1, 0.15) is 0 Å². The van der Waals surface area contributed by atoms with Crippen molar-refractivity contribution in [1.82, 2.24) is 19.2 Å². The Morgan fingerprint density at radius 2 is 2.00 bits per heavy atom. The second-order valence-corrected chi connectivity index (χ2v) is 8.00. The summed E-state index contributed by atoms with van der Waals surface area (Å²) in [4.78, 5) is 16.0. The molecule has 0 atom stereocenters. The molecule has 0 aliphatic heterocycles. The molecule has 25 heavy (non-hydrogen) atoms. The monoisotopic (exact) mass is 364 g/mol. The Morgan fingerprint density at radius 1 is 1.28 bits per heavy atom. The van der Waals surface area contributed by atoms with Crippen LogP contribution >= 0.6 is 0 Å². The lowest BCUT2D eigenvalue weighted by Gasteiger charge is -2.19. The molecule has 8 heteroatoms. The number of amides is 1. The Bertz CT molecular complexity index is 771. The molecule has 0 saturated heterocycles. The van der Waals surface area contributed by atoms with E-state index in [1.54, 1.807) is 12.5 Å². The summed E-state index contributed by atoms with van der Waals surface area (Å²) >= 11 is 0. The summed E-state index contributed by atoms with van der Waals surface area (Å²) < 4.78 is 27.0. The lowest BCUT2D eigenvalue weighted by molar-refractivity contribution is -0.121. The van der Waals surface area contributed by atoms with Crippen LogP contribution in [0.25, 0.3) is 0 Å². The second kappa shape index (κ2) is 8.77. The largest absolute Gasteiger partial charge is 0.355 e. The molecule has 2 aromatic rings. The van der Waals surface area contributed by atoms with E-state index in [4.69, 9.17) is 0 Å². The van der Waals surface area contributed by atoms with Gasteiger partial charge in [0.15, 0.2) is 0 Å². The minimum absolute atomic E-state index is 0.182. The lowest BCUT2D eigenvalue weighted by Crippen LogP contribution is -2.40. The molecule has 1 N–H and O–H groups in total. The first kappa shape index (κ1) is 19.1. The number of carbonyl (C=O) groups excluding carboxylic acids is 1. The van der Waals surface area contributed by atoms with Gasteiger partial charge in [-0.25, -0.2) is 13.4 Å². The number of nitrogens with zero attached hydrogens (tertiary/aromatic N) is 3. The Hall–Kier alpha value is -2.19. The van der Waals surface area contributed by atoms with Crippen LogP contribution in [-0.4, -0.2) is 47.5 Å². The van der Waals surface area contributed by atoms with E-state index in [0.717, 1.165) is 30.3 Å². The van der Waals surface area contributed by atoms with Crippen LogP contribution < -0.4 is 5.32 Å². The third-order valence-corrected chi connectivity index (χ3v) is 4.94. The van der Waals surface area contributed by atoms with Crippen LogP contribution in [0.5, 0.6) is 0 Å². The van der Waals surface area contributed by atoms with Gasteiger partial charge in [0, 0.05) is 32.0 Å². The van der Waals surface area contributed by atoms with Crippen LogP contribution in [0.1, 0.15) is 17.5 Å². The average Bonchev–Trinajstić information content (AvgIpc) is 3.05. The van der Waals surface area contributed by atoms with E-state index in [0.29, 0.717) is 6.54 Å². The van der Waals surface area contributed by atoms with Gasteiger partial charge < -0.3 is 9.88 Å². The molecule has 7 nitrogen and oxygen atoms in total. The van der Waals surface area contributed by atoms with Gasteiger partial charge in [-0.3, -0.25) is 4.79 Å². The Balaban J connectivity index is 1.83. The summed E-state index contributed by atoms with van der Waals surface area (Å²) in [6.45, 7) is 3.20. The molecule has 1 aromatic carbocycles. The average molecular weight is 364 g/mol. The predicted octanol–water partition coefficient (Wildman–Crippen LogP) is 1.16. The zero-order valence-corrected chi connectivity index (χ0v) is 15.4. The van der Waals surface area contributed by atoms with E-state index >= 15 is 0 Å². The number of aryl methyl sites for hydroxylation is 2. The van der Waals surface area contributed by atoms with Gasteiger partial charge in [0.25, 0.3) is 0 Å². The third-order valence-electron chi connectivity index (χ3n) is 3.74. The summed E-state index contributed by atoms with van der Waals surface area (Å²) in [7, 11) is -3.47. The fraction of sp³-hybridized carbons (Fsp3) is 0.412. The zero-order chi connectivity index (χ0) is 18.3. The van der Waals surface area contributed by atoms with E-state index in [2.05, 4.69) is 10.3 Å². The smallest absolute Gasteiger partial charge is 0.235 e.